The highest BCUT2D eigenvalue weighted by Gasteiger charge is 2.19. The first-order valence-corrected chi connectivity index (χ1v) is 10.9. The molecule has 0 aliphatic rings. The monoisotopic (exact) mass is 443 g/mol. The maximum atomic E-state index is 13.4. The first kappa shape index (κ1) is 21.2. The number of anilines is 1. The Morgan fingerprint density at radius 3 is 1.97 bits per heavy atom. The Morgan fingerprint density at radius 2 is 1.38 bits per heavy atom. The molecule has 0 aliphatic heterocycles. The second-order valence-corrected chi connectivity index (χ2v) is 7.59. The smallest absolute Gasteiger partial charge is 0.258 e. The number of carbonyl (C=O) groups excluding carboxylic acids is 1. The minimum atomic E-state index is -0.136. The number of carbonyl (C=O) groups is 1. The molecule has 0 saturated heterocycles. The summed E-state index contributed by atoms with van der Waals surface area (Å²) < 4.78 is 0. The molecule has 6 heteroatoms. The molecule has 0 aliphatic carbocycles. The molecule has 0 N–H and O–H groups in total. The van der Waals surface area contributed by atoms with Crippen LogP contribution in [0.2, 0.25) is 0 Å². The summed E-state index contributed by atoms with van der Waals surface area (Å²) in [4.78, 5) is 33.8. The number of benzene rings is 2. The summed E-state index contributed by atoms with van der Waals surface area (Å²) in [7, 11) is 0. The van der Waals surface area contributed by atoms with Gasteiger partial charge < -0.3 is 4.90 Å². The normalized spacial score (nSPS) is 10.7. The standard InChI is InChI=1S/C28H21N5O/c1-2-18-33(21-10-4-3-5-11-21)28(34)20-14-15-22-25(19-20)32-27(24-13-7-9-17-30-24)26(31-22)23-12-6-8-16-29-23/h2-17,19H,1,18H2. The summed E-state index contributed by atoms with van der Waals surface area (Å²) in [6.07, 6.45) is 5.16. The molecule has 2 aromatic carbocycles. The number of para-hydroxylation sites is 1. The Balaban J connectivity index is 1.63. The van der Waals surface area contributed by atoms with Crippen molar-refractivity contribution in [3.05, 3.63) is 116 Å². The summed E-state index contributed by atoms with van der Waals surface area (Å²) >= 11 is 0. The fraction of sp³-hybridized carbons (Fsp3) is 0.0357. The van der Waals surface area contributed by atoms with Crippen LogP contribution in [0.25, 0.3) is 33.8 Å². The van der Waals surface area contributed by atoms with Crippen LogP contribution in [-0.2, 0) is 0 Å². The van der Waals surface area contributed by atoms with Crippen molar-refractivity contribution in [2.24, 2.45) is 0 Å². The van der Waals surface area contributed by atoms with Crippen LogP contribution in [0.5, 0.6) is 0 Å². The summed E-state index contributed by atoms with van der Waals surface area (Å²) in [5.41, 5.74) is 5.25. The van der Waals surface area contributed by atoms with E-state index >= 15 is 0 Å². The molecule has 5 rings (SSSR count). The lowest BCUT2D eigenvalue weighted by Gasteiger charge is -2.21. The van der Waals surface area contributed by atoms with Gasteiger partial charge in [0.05, 0.1) is 22.4 Å². The van der Waals surface area contributed by atoms with E-state index in [4.69, 9.17) is 9.97 Å². The molecule has 1 amide bonds. The van der Waals surface area contributed by atoms with E-state index in [1.165, 1.54) is 0 Å². The van der Waals surface area contributed by atoms with Crippen molar-refractivity contribution in [3.8, 4) is 22.8 Å². The van der Waals surface area contributed by atoms with Crippen molar-refractivity contribution < 1.29 is 4.79 Å². The average molecular weight is 444 g/mol. The van der Waals surface area contributed by atoms with Gasteiger partial charge in [-0.1, -0.05) is 36.4 Å². The van der Waals surface area contributed by atoms with Crippen LogP contribution in [0, 0.1) is 0 Å². The van der Waals surface area contributed by atoms with Gasteiger partial charge in [0.15, 0.2) is 0 Å². The Labute approximate surface area is 197 Å². The van der Waals surface area contributed by atoms with E-state index < -0.39 is 0 Å². The number of hydrogen-bond acceptors (Lipinski definition) is 5. The topological polar surface area (TPSA) is 71.9 Å². The van der Waals surface area contributed by atoms with Gasteiger partial charge in [0.1, 0.15) is 11.4 Å². The quantitative estimate of drug-likeness (QED) is 0.320. The molecular weight excluding hydrogens is 422 g/mol. The molecule has 34 heavy (non-hydrogen) atoms. The van der Waals surface area contributed by atoms with Crippen molar-refractivity contribution in [1.29, 1.82) is 0 Å². The highest BCUT2D eigenvalue weighted by molar-refractivity contribution is 6.07. The minimum Gasteiger partial charge on any atom is -0.305 e. The number of fused-ring (bicyclic) bond motifs is 1. The number of hydrogen-bond donors (Lipinski definition) is 0. The summed E-state index contributed by atoms with van der Waals surface area (Å²) in [5.74, 6) is -0.136. The highest BCUT2D eigenvalue weighted by atomic mass is 16.2. The molecule has 6 nitrogen and oxygen atoms in total. The van der Waals surface area contributed by atoms with Crippen molar-refractivity contribution >= 4 is 22.6 Å². The molecule has 5 aromatic rings. The predicted molar refractivity (Wildman–Crippen MR) is 134 cm³/mol. The van der Waals surface area contributed by atoms with E-state index in [0.29, 0.717) is 45.9 Å². The molecular formula is C28H21N5O. The number of aromatic nitrogens is 4. The molecule has 0 radical (unpaired) electrons. The van der Waals surface area contributed by atoms with Gasteiger partial charge in [0.2, 0.25) is 0 Å². The third-order valence-corrected chi connectivity index (χ3v) is 5.35. The fourth-order valence-corrected chi connectivity index (χ4v) is 3.75. The fourth-order valence-electron chi connectivity index (χ4n) is 3.75. The Hall–Kier alpha value is -4.71. The van der Waals surface area contributed by atoms with Crippen LogP contribution in [0.1, 0.15) is 10.4 Å². The third-order valence-electron chi connectivity index (χ3n) is 5.35. The zero-order valence-electron chi connectivity index (χ0n) is 18.4. The Morgan fingerprint density at radius 1 is 0.765 bits per heavy atom. The van der Waals surface area contributed by atoms with Crippen molar-refractivity contribution in [2.75, 3.05) is 11.4 Å². The van der Waals surface area contributed by atoms with Crippen molar-refractivity contribution in [3.63, 3.8) is 0 Å². The summed E-state index contributed by atoms with van der Waals surface area (Å²) in [6, 6.07) is 26.2. The Kier molecular flexibility index (Phi) is 5.86. The van der Waals surface area contributed by atoms with Gasteiger partial charge >= 0.3 is 0 Å². The Bertz CT molecular complexity index is 1450. The van der Waals surface area contributed by atoms with E-state index in [0.717, 1.165) is 5.69 Å². The first-order valence-electron chi connectivity index (χ1n) is 10.9. The first-order chi connectivity index (χ1) is 16.7. The van der Waals surface area contributed by atoms with Crippen LogP contribution in [0.3, 0.4) is 0 Å². The second kappa shape index (κ2) is 9.42. The van der Waals surface area contributed by atoms with Crippen LogP contribution in [0.15, 0.2) is 110 Å². The van der Waals surface area contributed by atoms with Gasteiger partial charge in [-0.3, -0.25) is 14.8 Å². The van der Waals surface area contributed by atoms with Crippen LogP contribution in [0.4, 0.5) is 5.69 Å². The zero-order valence-corrected chi connectivity index (χ0v) is 18.4. The van der Waals surface area contributed by atoms with Gasteiger partial charge in [-0.15, -0.1) is 6.58 Å². The number of nitrogens with zero attached hydrogens (tertiary/aromatic N) is 5. The number of amides is 1. The van der Waals surface area contributed by atoms with Gasteiger partial charge in [0.25, 0.3) is 5.91 Å². The van der Waals surface area contributed by atoms with Gasteiger partial charge in [0, 0.05) is 30.2 Å². The zero-order chi connectivity index (χ0) is 23.3. The highest BCUT2D eigenvalue weighted by Crippen LogP contribution is 2.29. The van der Waals surface area contributed by atoms with Gasteiger partial charge in [-0.25, -0.2) is 9.97 Å². The lowest BCUT2D eigenvalue weighted by atomic mass is 10.1. The lowest BCUT2D eigenvalue weighted by molar-refractivity contribution is 0.0990. The van der Waals surface area contributed by atoms with E-state index in [1.54, 1.807) is 35.5 Å². The van der Waals surface area contributed by atoms with Gasteiger partial charge in [-0.2, -0.15) is 0 Å². The predicted octanol–water partition coefficient (Wildman–Crippen LogP) is 5.59. The lowest BCUT2D eigenvalue weighted by Crippen LogP contribution is -2.31. The maximum absolute atomic E-state index is 13.4. The number of rotatable bonds is 6. The summed E-state index contributed by atoms with van der Waals surface area (Å²) in [5, 5.41) is 0. The number of pyridine rings is 2. The van der Waals surface area contributed by atoms with E-state index in [9.17, 15) is 4.79 Å². The molecule has 0 atom stereocenters. The minimum absolute atomic E-state index is 0.136. The average Bonchev–Trinajstić information content (AvgIpc) is 2.92. The molecule has 164 valence electrons. The molecule has 0 unspecified atom stereocenters. The van der Waals surface area contributed by atoms with E-state index in [1.807, 2.05) is 72.8 Å². The van der Waals surface area contributed by atoms with Crippen LogP contribution < -0.4 is 4.90 Å². The SMILES string of the molecule is C=CCN(C(=O)c1ccc2nc(-c3ccccn3)c(-c3ccccn3)nc2c1)c1ccccc1. The van der Waals surface area contributed by atoms with E-state index in [2.05, 4.69) is 16.5 Å². The molecule has 0 bridgehead atoms. The molecule has 0 fully saturated rings. The molecule has 3 heterocycles. The van der Waals surface area contributed by atoms with E-state index in [-0.39, 0.29) is 5.91 Å². The maximum Gasteiger partial charge on any atom is 0.258 e. The molecule has 0 saturated carbocycles. The second-order valence-electron chi connectivity index (χ2n) is 7.59. The largest absolute Gasteiger partial charge is 0.305 e. The van der Waals surface area contributed by atoms with Crippen molar-refractivity contribution in [1.82, 2.24) is 19.9 Å². The molecule has 3 aromatic heterocycles. The third kappa shape index (κ3) is 4.17. The van der Waals surface area contributed by atoms with Crippen molar-refractivity contribution in [2.45, 2.75) is 0 Å². The summed E-state index contributed by atoms with van der Waals surface area (Å²) in [6.45, 7) is 4.20. The van der Waals surface area contributed by atoms with Crippen LogP contribution in [-0.4, -0.2) is 32.4 Å². The van der Waals surface area contributed by atoms with Crippen LogP contribution >= 0.6 is 0 Å². The van der Waals surface area contributed by atoms with Gasteiger partial charge in [-0.05, 0) is 54.6 Å². The molecule has 0 spiro atoms.